The van der Waals surface area contributed by atoms with Gasteiger partial charge in [0, 0.05) is 13.1 Å². The molecule has 1 aliphatic heterocycles. The number of hydrogen-bond donors (Lipinski definition) is 2. The summed E-state index contributed by atoms with van der Waals surface area (Å²) in [7, 11) is 0. The molecule has 1 aliphatic rings. The van der Waals surface area contributed by atoms with Crippen LogP contribution in [0.4, 0.5) is 0 Å². The van der Waals surface area contributed by atoms with Crippen molar-refractivity contribution >= 4 is 5.91 Å². The van der Waals surface area contributed by atoms with Crippen molar-refractivity contribution in [2.24, 2.45) is 5.73 Å². The molecular weight excluding hydrogens is 328 g/mol. The Morgan fingerprint density at radius 1 is 1.27 bits per heavy atom. The van der Waals surface area contributed by atoms with Crippen molar-refractivity contribution in [2.45, 2.75) is 25.4 Å². The standard InChI is InChI=1S/C21H26N2O3/c1-16-5-2-3-8-19(16)21(25)9-11-23(15-21)20(24)14-17-6-4-7-18(13-17)26-12-10-22/h2-8,13,25H,9-12,14-15,22H2,1H3/t21-/m0/s1. The summed E-state index contributed by atoms with van der Waals surface area (Å²) in [5, 5.41) is 11.0. The van der Waals surface area contributed by atoms with E-state index in [0.717, 1.165) is 22.4 Å². The van der Waals surface area contributed by atoms with Gasteiger partial charge in [-0.2, -0.15) is 0 Å². The van der Waals surface area contributed by atoms with Crippen molar-refractivity contribution in [3.8, 4) is 5.75 Å². The summed E-state index contributed by atoms with van der Waals surface area (Å²) in [5.74, 6) is 0.740. The molecule has 1 saturated heterocycles. The first-order valence-corrected chi connectivity index (χ1v) is 9.00. The van der Waals surface area contributed by atoms with Crippen LogP contribution in [-0.2, 0) is 16.8 Å². The van der Waals surface area contributed by atoms with E-state index < -0.39 is 5.60 Å². The summed E-state index contributed by atoms with van der Waals surface area (Å²) in [6, 6.07) is 15.3. The maximum atomic E-state index is 12.7. The van der Waals surface area contributed by atoms with Gasteiger partial charge in [-0.25, -0.2) is 0 Å². The maximum Gasteiger partial charge on any atom is 0.227 e. The van der Waals surface area contributed by atoms with Gasteiger partial charge in [0.2, 0.25) is 5.91 Å². The molecule has 2 aromatic carbocycles. The molecular formula is C21H26N2O3. The number of aryl methyl sites for hydroxylation is 1. The summed E-state index contributed by atoms with van der Waals surface area (Å²) < 4.78 is 5.52. The number of ether oxygens (including phenoxy) is 1. The third-order valence-electron chi connectivity index (χ3n) is 4.89. The van der Waals surface area contributed by atoms with Gasteiger partial charge < -0.3 is 20.5 Å². The van der Waals surface area contributed by atoms with Gasteiger partial charge in [0.25, 0.3) is 0 Å². The first-order valence-electron chi connectivity index (χ1n) is 9.00. The SMILES string of the molecule is Cc1ccccc1[C@]1(O)CCN(C(=O)Cc2cccc(OCCN)c2)C1. The Morgan fingerprint density at radius 2 is 2.08 bits per heavy atom. The normalized spacial score (nSPS) is 19.6. The van der Waals surface area contributed by atoms with Crippen LogP contribution in [0.5, 0.6) is 5.75 Å². The highest BCUT2D eigenvalue weighted by Gasteiger charge is 2.40. The maximum absolute atomic E-state index is 12.7. The predicted molar refractivity (Wildman–Crippen MR) is 101 cm³/mol. The number of β-amino-alcohol motifs (C(OH)–C–C–N with tert-alkyl or cyclic N) is 1. The van der Waals surface area contributed by atoms with E-state index >= 15 is 0 Å². The lowest BCUT2D eigenvalue weighted by atomic mass is 9.89. The molecule has 1 atom stereocenters. The van der Waals surface area contributed by atoms with Crippen LogP contribution in [0.15, 0.2) is 48.5 Å². The van der Waals surface area contributed by atoms with E-state index in [-0.39, 0.29) is 5.91 Å². The zero-order valence-corrected chi connectivity index (χ0v) is 15.1. The van der Waals surface area contributed by atoms with Crippen LogP contribution in [0.25, 0.3) is 0 Å². The second-order valence-corrected chi connectivity index (χ2v) is 6.87. The fraction of sp³-hybridized carbons (Fsp3) is 0.381. The van der Waals surface area contributed by atoms with E-state index in [1.54, 1.807) is 4.90 Å². The Labute approximate surface area is 154 Å². The van der Waals surface area contributed by atoms with Gasteiger partial charge in [-0.3, -0.25) is 4.79 Å². The molecule has 0 saturated carbocycles. The zero-order chi connectivity index (χ0) is 18.6. The largest absolute Gasteiger partial charge is 0.492 e. The second-order valence-electron chi connectivity index (χ2n) is 6.87. The van der Waals surface area contributed by atoms with Crippen molar-refractivity contribution in [3.63, 3.8) is 0 Å². The Bertz CT molecular complexity index is 777. The van der Waals surface area contributed by atoms with Gasteiger partial charge in [-0.05, 0) is 42.2 Å². The molecule has 3 rings (SSSR count). The first-order chi connectivity index (χ1) is 12.5. The molecule has 0 aromatic heterocycles. The van der Waals surface area contributed by atoms with Crippen LogP contribution in [0.1, 0.15) is 23.1 Å². The summed E-state index contributed by atoms with van der Waals surface area (Å²) in [6.45, 7) is 3.79. The fourth-order valence-corrected chi connectivity index (χ4v) is 3.53. The molecule has 2 aromatic rings. The zero-order valence-electron chi connectivity index (χ0n) is 15.1. The molecule has 3 N–H and O–H groups in total. The quantitative estimate of drug-likeness (QED) is 0.832. The molecule has 0 spiro atoms. The minimum Gasteiger partial charge on any atom is -0.492 e. The topological polar surface area (TPSA) is 75.8 Å². The molecule has 5 heteroatoms. The van der Waals surface area contributed by atoms with E-state index in [2.05, 4.69) is 0 Å². The van der Waals surface area contributed by atoms with Gasteiger partial charge in [0.05, 0.1) is 13.0 Å². The van der Waals surface area contributed by atoms with Crippen molar-refractivity contribution in [1.82, 2.24) is 4.90 Å². The average molecular weight is 354 g/mol. The highest BCUT2D eigenvalue weighted by molar-refractivity contribution is 5.79. The van der Waals surface area contributed by atoms with E-state index in [1.807, 2.05) is 55.5 Å². The van der Waals surface area contributed by atoms with Crippen molar-refractivity contribution < 1.29 is 14.6 Å². The number of aliphatic hydroxyl groups is 1. The van der Waals surface area contributed by atoms with Crippen LogP contribution in [0, 0.1) is 6.92 Å². The number of rotatable bonds is 6. The monoisotopic (exact) mass is 354 g/mol. The second kappa shape index (κ2) is 7.89. The number of amides is 1. The molecule has 0 unspecified atom stereocenters. The number of hydrogen-bond acceptors (Lipinski definition) is 4. The van der Waals surface area contributed by atoms with Crippen molar-refractivity contribution in [1.29, 1.82) is 0 Å². The lowest BCUT2D eigenvalue weighted by molar-refractivity contribution is -0.130. The lowest BCUT2D eigenvalue weighted by Crippen LogP contribution is -2.35. The molecule has 0 radical (unpaired) electrons. The summed E-state index contributed by atoms with van der Waals surface area (Å²) >= 11 is 0. The Hall–Kier alpha value is -2.37. The van der Waals surface area contributed by atoms with Crippen LogP contribution in [-0.4, -0.2) is 42.2 Å². The molecule has 5 nitrogen and oxygen atoms in total. The summed E-state index contributed by atoms with van der Waals surface area (Å²) in [4.78, 5) is 14.4. The molecule has 26 heavy (non-hydrogen) atoms. The van der Waals surface area contributed by atoms with E-state index in [1.165, 1.54) is 0 Å². The number of carbonyl (C=O) groups is 1. The fourth-order valence-electron chi connectivity index (χ4n) is 3.53. The number of nitrogens with zero attached hydrogens (tertiary/aromatic N) is 1. The van der Waals surface area contributed by atoms with Crippen molar-refractivity contribution in [3.05, 3.63) is 65.2 Å². The third kappa shape index (κ3) is 4.06. The van der Waals surface area contributed by atoms with Gasteiger partial charge >= 0.3 is 0 Å². The smallest absolute Gasteiger partial charge is 0.227 e. The highest BCUT2D eigenvalue weighted by atomic mass is 16.5. The Balaban J connectivity index is 1.66. The minimum atomic E-state index is -0.965. The molecule has 0 aliphatic carbocycles. The first kappa shape index (κ1) is 18.4. The number of benzene rings is 2. The molecule has 0 bridgehead atoms. The van der Waals surface area contributed by atoms with E-state index in [4.69, 9.17) is 10.5 Å². The predicted octanol–water partition coefficient (Wildman–Crippen LogP) is 2.00. The van der Waals surface area contributed by atoms with Crippen LogP contribution < -0.4 is 10.5 Å². The van der Waals surface area contributed by atoms with Gasteiger partial charge in [-0.1, -0.05) is 36.4 Å². The van der Waals surface area contributed by atoms with Crippen molar-refractivity contribution in [2.75, 3.05) is 26.2 Å². The number of nitrogens with two attached hydrogens (primary N) is 1. The number of carbonyl (C=O) groups excluding carboxylic acids is 1. The van der Waals surface area contributed by atoms with Gasteiger partial charge in [0.1, 0.15) is 18.0 Å². The van der Waals surface area contributed by atoms with E-state index in [0.29, 0.717) is 39.1 Å². The Kier molecular flexibility index (Phi) is 5.59. The summed E-state index contributed by atoms with van der Waals surface area (Å²) in [5.41, 5.74) is 7.35. The Morgan fingerprint density at radius 3 is 2.85 bits per heavy atom. The average Bonchev–Trinajstić information content (AvgIpc) is 3.04. The third-order valence-corrected chi connectivity index (χ3v) is 4.89. The molecule has 1 heterocycles. The van der Waals surface area contributed by atoms with Gasteiger partial charge in [-0.15, -0.1) is 0 Å². The van der Waals surface area contributed by atoms with Crippen LogP contribution in [0.2, 0.25) is 0 Å². The highest BCUT2D eigenvalue weighted by Crippen LogP contribution is 2.34. The van der Waals surface area contributed by atoms with E-state index in [9.17, 15) is 9.90 Å². The van der Waals surface area contributed by atoms with Gasteiger partial charge in [0.15, 0.2) is 0 Å². The number of likely N-dealkylation sites (tertiary alicyclic amines) is 1. The molecule has 138 valence electrons. The van der Waals surface area contributed by atoms with Crippen LogP contribution in [0.3, 0.4) is 0 Å². The summed E-state index contributed by atoms with van der Waals surface area (Å²) in [6.07, 6.45) is 0.854. The minimum absolute atomic E-state index is 0.0190. The molecule has 1 amide bonds. The lowest BCUT2D eigenvalue weighted by Gasteiger charge is -2.25. The molecule has 1 fully saturated rings. The van der Waals surface area contributed by atoms with Crippen LogP contribution >= 0.6 is 0 Å².